The molecule has 0 aliphatic carbocycles. The second kappa shape index (κ2) is 8.81. The fraction of sp³-hybridized carbons (Fsp3) is 0.846. The first kappa shape index (κ1) is 18.7. The zero-order chi connectivity index (χ0) is 15.8. The van der Waals surface area contributed by atoms with Crippen LogP contribution in [0.15, 0.2) is 0 Å². The summed E-state index contributed by atoms with van der Waals surface area (Å²) in [6.07, 6.45) is -4.01. The van der Waals surface area contributed by atoms with Gasteiger partial charge in [-0.1, -0.05) is 13.8 Å². The second-order valence-electron chi connectivity index (χ2n) is 4.41. The Bertz CT molecular complexity index is 314. The van der Waals surface area contributed by atoms with Crippen LogP contribution in [0.5, 0.6) is 0 Å². The quantitative estimate of drug-likeness (QED) is 0.647. The van der Waals surface area contributed by atoms with Crippen LogP contribution in [0.1, 0.15) is 46.5 Å². The Morgan fingerprint density at radius 3 is 2.05 bits per heavy atom. The molecule has 0 radical (unpaired) electrons. The van der Waals surface area contributed by atoms with Crippen molar-refractivity contribution in [3.63, 3.8) is 0 Å². The molecule has 0 atom stereocenters. The zero-order valence-corrected chi connectivity index (χ0v) is 12.1. The summed E-state index contributed by atoms with van der Waals surface area (Å²) in [5, 5.41) is 0. The van der Waals surface area contributed by atoms with Gasteiger partial charge < -0.3 is 9.64 Å². The van der Waals surface area contributed by atoms with Gasteiger partial charge in [-0.3, -0.25) is 9.59 Å². The molecule has 0 bridgehead atoms. The largest absolute Gasteiger partial charge is 0.466 e. The summed E-state index contributed by atoms with van der Waals surface area (Å²) < 4.78 is 42.3. The van der Waals surface area contributed by atoms with Gasteiger partial charge in [0.15, 0.2) is 0 Å². The molecule has 20 heavy (non-hydrogen) atoms. The number of carbonyl (C=O) groups is 2. The highest BCUT2D eigenvalue weighted by molar-refractivity contribution is 5.81. The molecule has 0 saturated heterocycles. The van der Waals surface area contributed by atoms with Crippen molar-refractivity contribution in [1.82, 2.24) is 4.90 Å². The fourth-order valence-corrected chi connectivity index (χ4v) is 1.93. The first-order chi connectivity index (χ1) is 9.25. The van der Waals surface area contributed by atoms with Crippen molar-refractivity contribution in [2.75, 3.05) is 13.2 Å². The maximum atomic E-state index is 12.5. The van der Waals surface area contributed by atoms with E-state index < -0.39 is 30.6 Å². The van der Waals surface area contributed by atoms with Gasteiger partial charge in [-0.25, -0.2) is 0 Å². The summed E-state index contributed by atoms with van der Waals surface area (Å²) in [7, 11) is 0. The monoisotopic (exact) mass is 297 g/mol. The topological polar surface area (TPSA) is 46.6 Å². The zero-order valence-electron chi connectivity index (χ0n) is 12.1. The minimum atomic E-state index is -4.44. The molecule has 0 rings (SSSR count). The highest BCUT2D eigenvalue weighted by Gasteiger charge is 2.35. The highest BCUT2D eigenvalue weighted by atomic mass is 19.4. The van der Waals surface area contributed by atoms with E-state index >= 15 is 0 Å². The van der Waals surface area contributed by atoms with Crippen molar-refractivity contribution in [3.8, 4) is 0 Å². The Morgan fingerprint density at radius 1 is 1.10 bits per heavy atom. The Hall–Kier alpha value is -1.27. The van der Waals surface area contributed by atoms with E-state index in [0.717, 1.165) is 4.90 Å². The molecular formula is C13H22F3NO3. The van der Waals surface area contributed by atoms with E-state index in [9.17, 15) is 22.8 Å². The van der Waals surface area contributed by atoms with Crippen molar-refractivity contribution in [2.45, 2.75) is 58.7 Å². The van der Waals surface area contributed by atoms with E-state index in [0.29, 0.717) is 12.8 Å². The summed E-state index contributed by atoms with van der Waals surface area (Å²) in [6, 6.07) is -0.466. The molecule has 0 aromatic heterocycles. The molecule has 0 aromatic carbocycles. The fourth-order valence-electron chi connectivity index (χ4n) is 1.93. The number of hydrogen-bond donors (Lipinski definition) is 0. The van der Waals surface area contributed by atoms with Crippen LogP contribution in [0.4, 0.5) is 13.2 Å². The molecule has 7 heteroatoms. The molecule has 0 unspecified atom stereocenters. The SMILES string of the molecule is CCOC(=O)CCC(=O)N(CC(F)(F)F)C(CC)CC. The number of alkyl halides is 3. The van der Waals surface area contributed by atoms with Crippen molar-refractivity contribution in [2.24, 2.45) is 0 Å². The van der Waals surface area contributed by atoms with Crippen LogP contribution in [-0.4, -0.2) is 42.1 Å². The van der Waals surface area contributed by atoms with Crippen molar-refractivity contribution >= 4 is 11.9 Å². The Balaban J connectivity index is 4.67. The van der Waals surface area contributed by atoms with Crippen LogP contribution in [0.25, 0.3) is 0 Å². The Kier molecular flexibility index (Phi) is 8.25. The third-order valence-corrected chi connectivity index (χ3v) is 2.90. The predicted octanol–water partition coefficient (Wildman–Crippen LogP) is 2.91. The van der Waals surface area contributed by atoms with Crippen LogP contribution in [-0.2, 0) is 14.3 Å². The molecule has 0 spiro atoms. The van der Waals surface area contributed by atoms with Crippen LogP contribution in [0, 0.1) is 0 Å². The van der Waals surface area contributed by atoms with E-state index in [2.05, 4.69) is 4.74 Å². The molecule has 0 aliphatic heterocycles. The highest BCUT2D eigenvalue weighted by Crippen LogP contribution is 2.21. The van der Waals surface area contributed by atoms with E-state index in [-0.39, 0.29) is 19.4 Å². The lowest BCUT2D eigenvalue weighted by Gasteiger charge is -2.31. The van der Waals surface area contributed by atoms with Gasteiger partial charge in [0.2, 0.25) is 5.91 Å². The molecule has 4 nitrogen and oxygen atoms in total. The summed E-state index contributed by atoms with van der Waals surface area (Å²) in [5.41, 5.74) is 0. The molecule has 0 aromatic rings. The van der Waals surface area contributed by atoms with Gasteiger partial charge in [-0.05, 0) is 19.8 Å². The van der Waals surface area contributed by atoms with Crippen LogP contribution >= 0.6 is 0 Å². The van der Waals surface area contributed by atoms with Gasteiger partial charge in [0, 0.05) is 12.5 Å². The number of carbonyl (C=O) groups excluding carboxylic acids is 2. The molecule has 0 aliphatic rings. The van der Waals surface area contributed by atoms with Crippen molar-refractivity contribution in [3.05, 3.63) is 0 Å². The normalized spacial score (nSPS) is 11.6. The maximum absolute atomic E-state index is 12.5. The summed E-state index contributed by atoms with van der Waals surface area (Å²) in [5.74, 6) is -1.23. The summed E-state index contributed by atoms with van der Waals surface area (Å²) in [6.45, 7) is 4.00. The first-order valence-electron chi connectivity index (χ1n) is 6.76. The van der Waals surface area contributed by atoms with E-state index in [4.69, 9.17) is 0 Å². The average Bonchev–Trinajstić information content (AvgIpc) is 2.35. The van der Waals surface area contributed by atoms with E-state index in [1.165, 1.54) is 0 Å². The summed E-state index contributed by atoms with van der Waals surface area (Å²) in [4.78, 5) is 23.9. The lowest BCUT2D eigenvalue weighted by molar-refractivity contribution is -0.166. The van der Waals surface area contributed by atoms with Crippen molar-refractivity contribution in [1.29, 1.82) is 0 Å². The van der Waals surface area contributed by atoms with Gasteiger partial charge in [-0.15, -0.1) is 0 Å². The lowest BCUT2D eigenvalue weighted by Crippen LogP contribution is -2.45. The minimum Gasteiger partial charge on any atom is -0.466 e. The molecule has 0 fully saturated rings. The average molecular weight is 297 g/mol. The smallest absolute Gasteiger partial charge is 0.406 e. The van der Waals surface area contributed by atoms with Crippen LogP contribution in [0.3, 0.4) is 0 Å². The maximum Gasteiger partial charge on any atom is 0.406 e. The van der Waals surface area contributed by atoms with E-state index in [1.807, 2.05) is 0 Å². The molecule has 118 valence electrons. The number of ether oxygens (including phenoxy) is 1. The van der Waals surface area contributed by atoms with Gasteiger partial charge in [0.1, 0.15) is 6.54 Å². The third kappa shape index (κ3) is 7.35. The number of esters is 1. The van der Waals surface area contributed by atoms with Crippen LogP contribution in [0.2, 0.25) is 0 Å². The van der Waals surface area contributed by atoms with Crippen LogP contribution < -0.4 is 0 Å². The van der Waals surface area contributed by atoms with Gasteiger partial charge >= 0.3 is 12.1 Å². The lowest BCUT2D eigenvalue weighted by atomic mass is 10.1. The summed E-state index contributed by atoms with van der Waals surface area (Å²) >= 11 is 0. The number of nitrogens with zero attached hydrogens (tertiary/aromatic N) is 1. The molecule has 0 saturated carbocycles. The Labute approximate surface area is 117 Å². The van der Waals surface area contributed by atoms with Gasteiger partial charge in [-0.2, -0.15) is 13.2 Å². The van der Waals surface area contributed by atoms with Crippen molar-refractivity contribution < 1.29 is 27.5 Å². The number of halogens is 3. The molecule has 0 heterocycles. The standard InChI is InChI=1S/C13H22F3NO3/c1-4-10(5-2)17(9-13(14,15)16)11(18)7-8-12(19)20-6-3/h10H,4-9H2,1-3H3. The Morgan fingerprint density at radius 2 is 1.65 bits per heavy atom. The molecule has 1 amide bonds. The second-order valence-corrected chi connectivity index (χ2v) is 4.41. The minimum absolute atomic E-state index is 0.186. The van der Waals surface area contributed by atoms with Gasteiger partial charge in [0.05, 0.1) is 13.0 Å². The van der Waals surface area contributed by atoms with Gasteiger partial charge in [0.25, 0.3) is 0 Å². The number of hydrogen-bond acceptors (Lipinski definition) is 3. The third-order valence-electron chi connectivity index (χ3n) is 2.90. The van der Waals surface area contributed by atoms with E-state index in [1.54, 1.807) is 20.8 Å². The number of rotatable bonds is 8. The predicted molar refractivity (Wildman–Crippen MR) is 68.0 cm³/mol. The number of amides is 1. The molecule has 0 N–H and O–H groups in total. The molecular weight excluding hydrogens is 275 g/mol. The first-order valence-corrected chi connectivity index (χ1v) is 6.76.